The van der Waals surface area contributed by atoms with Gasteiger partial charge in [-0.05, 0) is 13.3 Å². The number of esters is 1. The fourth-order valence-corrected chi connectivity index (χ4v) is 1.46. The Hall–Kier alpha value is -1.78. The second-order valence-corrected chi connectivity index (χ2v) is 3.55. The number of nitrogens with one attached hydrogen (secondary N) is 1. The quantitative estimate of drug-likeness (QED) is 0.602. The topological polar surface area (TPSA) is 56.1 Å². The third-order valence-electron chi connectivity index (χ3n) is 2.19. The number of rotatable bonds is 6. The molecule has 5 nitrogen and oxygen atoms in total. The summed E-state index contributed by atoms with van der Waals surface area (Å²) in [6.45, 7) is 4.83. The van der Waals surface area contributed by atoms with Crippen LogP contribution in [-0.4, -0.2) is 28.9 Å². The predicted octanol–water partition coefficient (Wildman–Crippen LogP) is 1.51. The molecule has 0 aromatic carbocycles. The number of anilines is 1. The first kappa shape index (κ1) is 13.3. The zero-order valence-electron chi connectivity index (χ0n) is 10.6. The van der Waals surface area contributed by atoms with E-state index < -0.39 is 0 Å². The van der Waals surface area contributed by atoms with Gasteiger partial charge in [0.1, 0.15) is 0 Å². The molecule has 0 aliphatic carbocycles. The Morgan fingerprint density at radius 3 is 3.00 bits per heavy atom. The van der Waals surface area contributed by atoms with Crippen LogP contribution in [0.15, 0.2) is 18.3 Å². The Labute approximate surface area is 101 Å². The summed E-state index contributed by atoms with van der Waals surface area (Å²) >= 11 is 0. The van der Waals surface area contributed by atoms with E-state index in [1.807, 2.05) is 13.2 Å². The average Bonchev–Trinajstić information content (AvgIpc) is 2.65. The molecule has 1 aromatic rings. The maximum Gasteiger partial charge on any atom is 0.330 e. The molecule has 94 valence electrons. The first-order valence-electron chi connectivity index (χ1n) is 5.77. The number of nitrogens with zero attached hydrogens (tertiary/aromatic N) is 2. The van der Waals surface area contributed by atoms with Crippen LogP contribution in [0, 0.1) is 0 Å². The van der Waals surface area contributed by atoms with Crippen LogP contribution in [0.25, 0.3) is 0 Å². The lowest BCUT2D eigenvalue weighted by Crippen LogP contribution is -2.03. The van der Waals surface area contributed by atoms with Gasteiger partial charge in [0.25, 0.3) is 0 Å². The normalized spacial score (nSPS) is 10.8. The van der Waals surface area contributed by atoms with Gasteiger partial charge >= 0.3 is 5.97 Å². The summed E-state index contributed by atoms with van der Waals surface area (Å²) in [5, 5.41) is 7.52. The fraction of sp³-hybridized carbons (Fsp3) is 0.500. The van der Waals surface area contributed by atoms with Gasteiger partial charge in [0.15, 0.2) is 0 Å². The first-order valence-corrected chi connectivity index (χ1v) is 5.77. The molecule has 1 heterocycles. The van der Waals surface area contributed by atoms with Crippen molar-refractivity contribution in [2.45, 2.75) is 20.3 Å². The van der Waals surface area contributed by atoms with Gasteiger partial charge in [0.2, 0.25) is 0 Å². The van der Waals surface area contributed by atoms with E-state index >= 15 is 0 Å². The molecule has 0 aliphatic rings. The number of carbonyl (C=O) groups is 1. The summed E-state index contributed by atoms with van der Waals surface area (Å²) in [4.78, 5) is 11.0. The molecule has 0 amide bonds. The SMILES string of the molecule is CCOC(=O)/C=C/CNc1cn(C)nc1CC. The molecule has 1 aromatic heterocycles. The molecule has 0 bridgehead atoms. The molecular weight excluding hydrogens is 218 g/mol. The summed E-state index contributed by atoms with van der Waals surface area (Å²) < 4.78 is 6.55. The lowest BCUT2D eigenvalue weighted by atomic mass is 10.3. The Morgan fingerprint density at radius 2 is 2.35 bits per heavy atom. The molecule has 0 spiro atoms. The van der Waals surface area contributed by atoms with Crippen LogP contribution in [0.3, 0.4) is 0 Å². The van der Waals surface area contributed by atoms with Crippen molar-refractivity contribution in [2.24, 2.45) is 7.05 Å². The Morgan fingerprint density at radius 1 is 1.59 bits per heavy atom. The highest BCUT2D eigenvalue weighted by Crippen LogP contribution is 2.12. The Bertz CT molecular complexity index is 396. The van der Waals surface area contributed by atoms with E-state index in [0.29, 0.717) is 13.2 Å². The van der Waals surface area contributed by atoms with Gasteiger partial charge in [-0.15, -0.1) is 0 Å². The number of ether oxygens (including phenoxy) is 1. The second kappa shape index (κ2) is 6.73. The van der Waals surface area contributed by atoms with Crippen molar-refractivity contribution >= 4 is 11.7 Å². The van der Waals surface area contributed by atoms with E-state index in [1.54, 1.807) is 17.7 Å². The molecule has 0 fully saturated rings. The summed E-state index contributed by atoms with van der Waals surface area (Å²) in [5.74, 6) is -0.309. The van der Waals surface area contributed by atoms with Crippen molar-refractivity contribution in [3.05, 3.63) is 24.0 Å². The Balaban J connectivity index is 2.42. The standard InChI is InChI=1S/C12H19N3O2/c1-4-10-11(9-15(3)14-10)13-8-6-7-12(16)17-5-2/h6-7,9,13H,4-5,8H2,1-3H3/b7-6+. The molecule has 0 aliphatic heterocycles. The summed E-state index contributed by atoms with van der Waals surface area (Å²) in [6, 6.07) is 0. The van der Waals surface area contributed by atoms with Crippen LogP contribution in [-0.2, 0) is 23.0 Å². The zero-order chi connectivity index (χ0) is 12.7. The minimum atomic E-state index is -0.309. The van der Waals surface area contributed by atoms with Crippen molar-refractivity contribution < 1.29 is 9.53 Å². The molecule has 0 saturated heterocycles. The van der Waals surface area contributed by atoms with E-state index in [4.69, 9.17) is 4.74 Å². The van der Waals surface area contributed by atoms with Crippen LogP contribution in [0.5, 0.6) is 0 Å². The number of aromatic nitrogens is 2. The highest BCUT2D eigenvalue weighted by atomic mass is 16.5. The van der Waals surface area contributed by atoms with Crippen LogP contribution in [0.1, 0.15) is 19.5 Å². The van der Waals surface area contributed by atoms with E-state index in [1.165, 1.54) is 6.08 Å². The van der Waals surface area contributed by atoms with Crippen LogP contribution in [0.4, 0.5) is 5.69 Å². The minimum Gasteiger partial charge on any atom is -0.463 e. The molecule has 0 radical (unpaired) electrons. The van der Waals surface area contributed by atoms with Gasteiger partial charge in [0, 0.05) is 25.9 Å². The monoisotopic (exact) mass is 237 g/mol. The molecule has 1 N–H and O–H groups in total. The summed E-state index contributed by atoms with van der Waals surface area (Å²) in [7, 11) is 1.89. The van der Waals surface area contributed by atoms with E-state index in [-0.39, 0.29) is 5.97 Å². The number of aryl methyl sites for hydroxylation is 2. The molecule has 5 heteroatoms. The van der Waals surface area contributed by atoms with E-state index in [9.17, 15) is 4.79 Å². The van der Waals surface area contributed by atoms with Crippen LogP contribution < -0.4 is 5.32 Å². The maximum atomic E-state index is 11.0. The van der Waals surface area contributed by atoms with E-state index in [0.717, 1.165) is 17.8 Å². The highest BCUT2D eigenvalue weighted by Gasteiger charge is 2.03. The van der Waals surface area contributed by atoms with Gasteiger partial charge in [0.05, 0.1) is 18.0 Å². The molecule has 1 rings (SSSR count). The number of hydrogen-bond donors (Lipinski definition) is 1. The van der Waals surface area contributed by atoms with E-state index in [2.05, 4.69) is 17.3 Å². The van der Waals surface area contributed by atoms with Gasteiger partial charge in [-0.3, -0.25) is 4.68 Å². The van der Waals surface area contributed by atoms with Crippen LogP contribution >= 0.6 is 0 Å². The lowest BCUT2D eigenvalue weighted by Gasteiger charge is -2.01. The number of carbonyl (C=O) groups excluding carboxylic acids is 1. The summed E-state index contributed by atoms with van der Waals surface area (Å²) in [5.41, 5.74) is 2.03. The summed E-state index contributed by atoms with van der Waals surface area (Å²) in [6.07, 6.45) is 5.98. The lowest BCUT2D eigenvalue weighted by molar-refractivity contribution is -0.137. The number of hydrogen-bond acceptors (Lipinski definition) is 4. The van der Waals surface area contributed by atoms with Crippen molar-refractivity contribution in [1.82, 2.24) is 9.78 Å². The van der Waals surface area contributed by atoms with Crippen LogP contribution in [0.2, 0.25) is 0 Å². The van der Waals surface area contributed by atoms with Gasteiger partial charge in [-0.1, -0.05) is 13.0 Å². The Kier molecular flexibility index (Phi) is 5.26. The first-order chi connectivity index (χ1) is 8.17. The third-order valence-corrected chi connectivity index (χ3v) is 2.19. The molecule has 17 heavy (non-hydrogen) atoms. The smallest absolute Gasteiger partial charge is 0.330 e. The van der Waals surface area contributed by atoms with Gasteiger partial charge in [-0.25, -0.2) is 4.79 Å². The van der Waals surface area contributed by atoms with Gasteiger partial charge < -0.3 is 10.1 Å². The molecule has 0 saturated carbocycles. The van der Waals surface area contributed by atoms with Crippen molar-refractivity contribution in [1.29, 1.82) is 0 Å². The maximum absolute atomic E-state index is 11.0. The predicted molar refractivity (Wildman–Crippen MR) is 66.8 cm³/mol. The van der Waals surface area contributed by atoms with Gasteiger partial charge in [-0.2, -0.15) is 5.10 Å². The molecule has 0 unspecified atom stereocenters. The van der Waals surface area contributed by atoms with Crippen molar-refractivity contribution in [2.75, 3.05) is 18.5 Å². The van der Waals surface area contributed by atoms with Crippen molar-refractivity contribution in [3.8, 4) is 0 Å². The molecular formula is C12H19N3O2. The minimum absolute atomic E-state index is 0.309. The van der Waals surface area contributed by atoms with Crippen molar-refractivity contribution in [3.63, 3.8) is 0 Å². The largest absolute Gasteiger partial charge is 0.463 e. The highest BCUT2D eigenvalue weighted by molar-refractivity contribution is 5.81. The molecule has 0 atom stereocenters. The average molecular weight is 237 g/mol. The zero-order valence-corrected chi connectivity index (χ0v) is 10.6. The second-order valence-electron chi connectivity index (χ2n) is 3.55. The fourth-order valence-electron chi connectivity index (χ4n) is 1.46. The third kappa shape index (κ3) is 4.30.